The molecule has 3 aromatic carbocycles. The number of carboxylic acids is 1. The molecule has 3 aromatic rings. The van der Waals surface area contributed by atoms with Gasteiger partial charge in [0, 0.05) is 13.0 Å². The van der Waals surface area contributed by atoms with E-state index in [9.17, 15) is 32.3 Å². The molecule has 1 amide bonds. The van der Waals surface area contributed by atoms with Gasteiger partial charge in [-0.3, -0.25) is 9.69 Å². The molecule has 0 aliphatic carbocycles. The van der Waals surface area contributed by atoms with Gasteiger partial charge in [0.1, 0.15) is 11.9 Å². The van der Waals surface area contributed by atoms with Crippen LogP contribution in [0.2, 0.25) is 0 Å². The molecule has 2 N–H and O–H groups in total. The van der Waals surface area contributed by atoms with Crippen LogP contribution < -0.4 is 5.32 Å². The van der Waals surface area contributed by atoms with Crippen LogP contribution in [0, 0.1) is 5.82 Å². The second-order valence-electron chi connectivity index (χ2n) is 9.92. The highest BCUT2D eigenvalue weighted by atomic mass is 19.4. The number of carboxylic acid groups (broad SMARTS) is 1. The molecule has 1 aliphatic rings. The number of hydrogen-bond donors (Lipinski definition) is 2. The summed E-state index contributed by atoms with van der Waals surface area (Å²) in [5.41, 5.74) is 0.560. The number of halogens is 4. The summed E-state index contributed by atoms with van der Waals surface area (Å²) < 4.78 is 51.4. The smallest absolute Gasteiger partial charge is 0.389 e. The molecular formula is C29H30F4N2O3. The van der Waals surface area contributed by atoms with Crippen LogP contribution in [0.4, 0.5) is 17.6 Å². The fourth-order valence-electron chi connectivity index (χ4n) is 5.16. The van der Waals surface area contributed by atoms with Crippen LogP contribution in [0.1, 0.15) is 43.2 Å². The fraction of sp³-hybridized carbons (Fsp3) is 0.379. The van der Waals surface area contributed by atoms with Crippen LogP contribution in [0.5, 0.6) is 0 Å². The van der Waals surface area contributed by atoms with E-state index in [1.165, 1.54) is 24.3 Å². The largest absolute Gasteiger partial charge is 0.480 e. The van der Waals surface area contributed by atoms with Gasteiger partial charge in [-0.25, -0.2) is 9.18 Å². The van der Waals surface area contributed by atoms with Crippen molar-refractivity contribution in [3.8, 4) is 0 Å². The molecule has 0 spiro atoms. The molecular weight excluding hydrogens is 500 g/mol. The minimum absolute atomic E-state index is 0.339. The van der Waals surface area contributed by atoms with Gasteiger partial charge in [-0.15, -0.1) is 0 Å². The number of alkyl halides is 3. The summed E-state index contributed by atoms with van der Waals surface area (Å²) in [6.07, 6.45) is -5.57. The third-order valence-electron chi connectivity index (χ3n) is 7.32. The maximum Gasteiger partial charge on any atom is 0.389 e. The van der Waals surface area contributed by atoms with E-state index in [4.69, 9.17) is 0 Å². The minimum atomic E-state index is -4.40. The first-order valence-corrected chi connectivity index (χ1v) is 12.6. The van der Waals surface area contributed by atoms with Gasteiger partial charge in [0.15, 0.2) is 0 Å². The summed E-state index contributed by atoms with van der Waals surface area (Å²) in [4.78, 5) is 27.5. The van der Waals surface area contributed by atoms with Gasteiger partial charge in [-0.05, 0) is 78.9 Å². The normalized spacial score (nSPS) is 16.7. The average molecular weight is 531 g/mol. The zero-order chi connectivity index (χ0) is 27.3. The Labute approximate surface area is 218 Å². The van der Waals surface area contributed by atoms with E-state index in [0.717, 1.165) is 16.3 Å². The van der Waals surface area contributed by atoms with Gasteiger partial charge in [-0.1, -0.05) is 48.5 Å². The maximum atomic E-state index is 13.7. The number of rotatable bonds is 9. The molecule has 0 bridgehead atoms. The Kier molecular flexibility index (Phi) is 8.35. The topological polar surface area (TPSA) is 69.6 Å². The third-order valence-corrected chi connectivity index (χ3v) is 7.32. The summed E-state index contributed by atoms with van der Waals surface area (Å²) in [6, 6.07) is 18.4. The van der Waals surface area contributed by atoms with Gasteiger partial charge in [-0.2, -0.15) is 13.2 Å². The standard InChI is InChI=1S/C29H30F4N2O3/c30-24-11-9-23(10-12-24)28(27(38)34-25(26(36)37)6-3-13-29(31,32)33)14-16-35(17-15-28)19-20-7-8-21-4-1-2-5-22(21)18-20/h1-2,4-5,7-12,18,25H,3,6,13-17,19H2,(H,34,38)(H,36,37)/t25-/m0/s1. The Morgan fingerprint density at radius 3 is 2.26 bits per heavy atom. The fourth-order valence-corrected chi connectivity index (χ4v) is 5.16. The summed E-state index contributed by atoms with van der Waals surface area (Å²) in [5.74, 6) is -2.41. The highest BCUT2D eigenvalue weighted by Gasteiger charge is 2.44. The Morgan fingerprint density at radius 1 is 0.974 bits per heavy atom. The van der Waals surface area contributed by atoms with Crippen molar-refractivity contribution in [2.45, 2.75) is 56.3 Å². The monoisotopic (exact) mass is 530 g/mol. The molecule has 4 rings (SSSR count). The number of piperidine rings is 1. The van der Waals surface area contributed by atoms with E-state index in [0.29, 0.717) is 38.0 Å². The van der Waals surface area contributed by atoms with Crippen molar-refractivity contribution in [2.24, 2.45) is 0 Å². The van der Waals surface area contributed by atoms with Gasteiger partial charge in [0.2, 0.25) is 5.91 Å². The van der Waals surface area contributed by atoms with Crippen LogP contribution in [-0.4, -0.2) is 47.2 Å². The minimum Gasteiger partial charge on any atom is -0.480 e. The van der Waals surface area contributed by atoms with Crippen LogP contribution in [0.3, 0.4) is 0 Å². The van der Waals surface area contributed by atoms with Crippen molar-refractivity contribution in [1.82, 2.24) is 10.2 Å². The first-order chi connectivity index (χ1) is 18.1. The number of nitrogens with zero attached hydrogens (tertiary/aromatic N) is 1. The first-order valence-electron chi connectivity index (χ1n) is 12.6. The summed E-state index contributed by atoms with van der Waals surface area (Å²) in [5, 5.41) is 14.3. The number of likely N-dealkylation sites (tertiary alicyclic amines) is 1. The van der Waals surface area contributed by atoms with Crippen LogP contribution in [-0.2, 0) is 21.5 Å². The van der Waals surface area contributed by atoms with E-state index < -0.39 is 48.2 Å². The van der Waals surface area contributed by atoms with E-state index >= 15 is 0 Å². The van der Waals surface area contributed by atoms with E-state index in [2.05, 4.69) is 28.4 Å². The molecule has 0 radical (unpaired) electrons. The van der Waals surface area contributed by atoms with Crippen molar-refractivity contribution < 1.29 is 32.3 Å². The number of fused-ring (bicyclic) bond motifs is 1. The van der Waals surface area contributed by atoms with E-state index in [1.54, 1.807) is 0 Å². The number of hydrogen-bond acceptors (Lipinski definition) is 3. The molecule has 1 fully saturated rings. The Morgan fingerprint density at radius 2 is 1.63 bits per heavy atom. The molecule has 0 unspecified atom stereocenters. The molecule has 1 saturated heterocycles. The highest BCUT2D eigenvalue weighted by molar-refractivity contribution is 5.91. The van der Waals surface area contributed by atoms with Gasteiger partial charge in [0.05, 0.1) is 5.41 Å². The van der Waals surface area contributed by atoms with Crippen LogP contribution in [0.25, 0.3) is 10.8 Å². The summed E-state index contributed by atoms with van der Waals surface area (Å²) >= 11 is 0. The molecule has 1 heterocycles. The zero-order valence-corrected chi connectivity index (χ0v) is 20.8. The van der Waals surface area contributed by atoms with Crippen molar-refractivity contribution in [1.29, 1.82) is 0 Å². The number of aliphatic carboxylic acids is 1. The Balaban J connectivity index is 1.49. The highest BCUT2D eigenvalue weighted by Crippen LogP contribution is 2.37. The predicted octanol–water partition coefficient (Wildman–Crippen LogP) is 5.81. The quantitative estimate of drug-likeness (QED) is 0.343. The lowest BCUT2D eigenvalue weighted by molar-refractivity contribution is -0.145. The molecule has 1 aliphatic heterocycles. The molecule has 0 saturated carbocycles. The van der Waals surface area contributed by atoms with E-state index in [-0.39, 0.29) is 6.42 Å². The van der Waals surface area contributed by atoms with Crippen molar-refractivity contribution in [3.05, 3.63) is 83.7 Å². The molecule has 1 atom stereocenters. The van der Waals surface area contributed by atoms with Gasteiger partial charge >= 0.3 is 12.1 Å². The number of benzene rings is 3. The lowest BCUT2D eigenvalue weighted by Gasteiger charge is -2.41. The third kappa shape index (κ3) is 6.69. The second-order valence-corrected chi connectivity index (χ2v) is 9.92. The number of nitrogens with one attached hydrogen (secondary N) is 1. The van der Waals surface area contributed by atoms with E-state index in [1.807, 2.05) is 24.3 Å². The molecule has 5 nitrogen and oxygen atoms in total. The second kappa shape index (κ2) is 11.5. The molecule has 0 aromatic heterocycles. The zero-order valence-electron chi connectivity index (χ0n) is 20.8. The maximum absolute atomic E-state index is 13.7. The van der Waals surface area contributed by atoms with Crippen LogP contribution in [0.15, 0.2) is 66.7 Å². The SMILES string of the molecule is O=C(O)[C@H](CCCC(F)(F)F)NC(=O)C1(c2ccc(F)cc2)CCN(Cc2ccc3ccccc3c2)CC1. The number of carbonyl (C=O) groups excluding carboxylic acids is 1. The van der Waals surface area contributed by atoms with Gasteiger partial charge in [0.25, 0.3) is 0 Å². The molecule has 202 valence electrons. The van der Waals surface area contributed by atoms with Crippen molar-refractivity contribution in [2.75, 3.05) is 13.1 Å². The first kappa shape index (κ1) is 27.6. The van der Waals surface area contributed by atoms with Gasteiger partial charge < -0.3 is 10.4 Å². The van der Waals surface area contributed by atoms with Crippen molar-refractivity contribution in [3.63, 3.8) is 0 Å². The van der Waals surface area contributed by atoms with Crippen LogP contribution >= 0.6 is 0 Å². The summed E-state index contributed by atoms with van der Waals surface area (Å²) in [7, 11) is 0. The lowest BCUT2D eigenvalue weighted by atomic mass is 9.71. The summed E-state index contributed by atoms with van der Waals surface area (Å²) in [6.45, 7) is 1.73. The predicted molar refractivity (Wildman–Crippen MR) is 136 cm³/mol. The molecule has 9 heteroatoms. The van der Waals surface area contributed by atoms with Crippen molar-refractivity contribution >= 4 is 22.6 Å². The lowest BCUT2D eigenvalue weighted by Crippen LogP contribution is -2.55. The average Bonchev–Trinajstić information content (AvgIpc) is 2.88. The Bertz CT molecular complexity index is 1270. The number of amides is 1. The number of carbonyl (C=O) groups is 2. The Hall–Kier alpha value is -3.46. The molecule has 38 heavy (non-hydrogen) atoms.